The Labute approximate surface area is 125 Å². The van der Waals surface area contributed by atoms with Crippen LogP contribution in [0.5, 0.6) is 0 Å². The van der Waals surface area contributed by atoms with E-state index >= 15 is 0 Å². The Balaban J connectivity index is 1.88. The number of halogens is 1. The zero-order valence-corrected chi connectivity index (χ0v) is 12.6. The van der Waals surface area contributed by atoms with Crippen molar-refractivity contribution in [2.45, 2.75) is 13.3 Å². The summed E-state index contributed by atoms with van der Waals surface area (Å²) in [7, 11) is 0. The smallest absolute Gasteiger partial charge is 0.223 e. The van der Waals surface area contributed by atoms with Crippen LogP contribution in [0.25, 0.3) is 0 Å². The number of hydrogen-bond donors (Lipinski definition) is 0. The van der Waals surface area contributed by atoms with Crippen molar-refractivity contribution in [3.8, 4) is 0 Å². The van der Waals surface area contributed by atoms with Crippen LogP contribution in [0, 0.1) is 0 Å². The average Bonchev–Trinajstić information content (AvgIpc) is 2.44. The highest BCUT2D eigenvalue weighted by atomic mass is 35.5. The zero-order chi connectivity index (χ0) is 14.4. The third-order valence-corrected chi connectivity index (χ3v) is 3.69. The molecule has 0 atom stereocenters. The summed E-state index contributed by atoms with van der Waals surface area (Å²) >= 11 is 5.99. The fraction of sp³-hybridized carbons (Fsp3) is 0.533. The second-order valence-electron chi connectivity index (χ2n) is 4.96. The fourth-order valence-corrected chi connectivity index (χ4v) is 2.57. The molecule has 0 radical (unpaired) electrons. The average molecular weight is 297 g/mol. The minimum absolute atomic E-state index is 0.0502. The first kappa shape index (κ1) is 15.3. The number of carbonyl (C=O) groups is 1. The SMILES string of the molecule is CC(=O)N(CCCN1CCOCC1)c1cccc(Cl)c1. The first-order chi connectivity index (χ1) is 9.66. The summed E-state index contributed by atoms with van der Waals surface area (Å²) in [6.45, 7) is 6.89. The van der Waals surface area contributed by atoms with Crippen LogP contribution in [0.4, 0.5) is 5.69 Å². The molecule has 1 aromatic carbocycles. The summed E-state index contributed by atoms with van der Waals surface area (Å²) in [4.78, 5) is 15.9. The molecule has 5 heteroatoms. The van der Waals surface area contributed by atoms with Crippen LogP contribution < -0.4 is 4.90 Å². The first-order valence-corrected chi connectivity index (χ1v) is 7.38. The molecule has 20 heavy (non-hydrogen) atoms. The van der Waals surface area contributed by atoms with E-state index in [1.165, 1.54) is 0 Å². The molecule has 1 aliphatic heterocycles. The minimum atomic E-state index is 0.0502. The lowest BCUT2D eigenvalue weighted by molar-refractivity contribution is -0.116. The number of anilines is 1. The van der Waals surface area contributed by atoms with Crippen molar-refractivity contribution in [1.29, 1.82) is 0 Å². The number of benzene rings is 1. The van der Waals surface area contributed by atoms with Crippen LogP contribution >= 0.6 is 11.6 Å². The van der Waals surface area contributed by atoms with Crippen LogP contribution in [-0.4, -0.2) is 50.2 Å². The minimum Gasteiger partial charge on any atom is -0.379 e. The first-order valence-electron chi connectivity index (χ1n) is 7.00. The number of nitrogens with zero attached hydrogens (tertiary/aromatic N) is 2. The van der Waals surface area contributed by atoms with Crippen molar-refractivity contribution >= 4 is 23.2 Å². The molecule has 0 aromatic heterocycles. The van der Waals surface area contributed by atoms with Crippen molar-refractivity contribution in [3.63, 3.8) is 0 Å². The number of ether oxygens (including phenoxy) is 1. The Hall–Kier alpha value is -1.10. The van der Waals surface area contributed by atoms with E-state index in [0.29, 0.717) is 11.6 Å². The van der Waals surface area contributed by atoms with Crippen molar-refractivity contribution in [2.24, 2.45) is 0 Å². The van der Waals surface area contributed by atoms with Crippen molar-refractivity contribution in [1.82, 2.24) is 4.90 Å². The van der Waals surface area contributed by atoms with Gasteiger partial charge in [-0.15, -0.1) is 0 Å². The van der Waals surface area contributed by atoms with E-state index in [2.05, 4.69) is 4.90 Å². The second-order valence-corrected chi connectivity index (χ2v) is 5.39. The largest absolute Gasteiger partial charge is 0.379 e. The molecule has 1 amide bonds. The molecule has 0 saturated carbocycles. The van der Waals surface area contributed by atoms with Gasteiger partial charge in [0.05, 0.1) is 13.2 Å². The van der Waals surface area contributed by atoms with Gasteiger partial charge in [-0.25, -0.2) is 0 Å². The van der Waals surface area contributed by atoms with Gasteiger partial charge in [0.1, 0.15) is 0 Å². The Bertz CT molecular complexity index is 447. The molecule has 0 spiro atoms. The Morgan fingerprint density at radius 3 is 2.80 bits per heavy atom. The van der Waals surface area contributed by atoms with E-state index in [1.54, 1.807) is 11.8 Å². The molecule has 1 aromatic rings. The number of hydrogen-bond acceptors (Lipinski definition) is 3. The highest BCUT2D eigenvalue weighted by Crippen LogP contribution is 2.20. The standard InChI is InChI=1S/C15H21ClN2O2/c1-13(19)18(15-5-2-4-14(16)12-15)7-3-6-17-8-10-20-11-9-17/h2,4-5,12H,3,6-11H2,1H3. The Kier molecular flexibility index (Phi) is 5.83. The number of carbonyl (C=O) groups excluding carboxylic acids is 1. The van der Waals surface area contributed by atoms with Crippen LogP contribution in [0.3, 0.4) is 0 Å². The lowest BCUT2D eigenvalue weighted by Gasteiger charge is -2.28. The van der Waals surface area contributed by atoms with Crippen molar-refractivity contribution < 1.29 is 9.53 Å². The lowest BCUT2D eigenvalue weighted by Crippen LogP contribution is -2.38. The molecule has 0 bridgehead atoms. The third-order valence-electron chi connectivity index (χ3n) is 3.46. The molecule has 110 valence electrons. The number of rotatable bonds is 5. The molecule has 1 fully saturated rings. The maximum absolute atomic E-state index is 11.8. The summed E-state index contributed by atoms with van der Waals surface area (Å²) in [5.41, 5.74) is 0.868. The van der Waals surface area contributed by atoms with Crippen molar-refractivity contribution in [3.05, 3.63) is 29.3 Å². The molecule has 1 aliphatic rings. The summed E-state index contributed by atoms with van der Waals surface area (Å²) in [6.07, 6.45) is 0.950. The van der Waals surface area contributed by atoms with Gasteiger partial charge in [0, 0.05) is 43.8 Å². The maximum Gasteiger partial charge on any atom is 0.223 e. The zero-order valence-electron chi connectivity index (χ0n) is 11.8. The Morgan fingerprint density at radius 2 is 2.15 bits per heavy atom. The monoisotopic (exact) mass is 296 g/mol. The van der Waals surface area contributed by atoms with Gasteiger partial charge >= 0.3 is 0 Å². The molecule has 2 rings (SSSR count). The lowest BCUT2D eigenvalue weighted by atomic mass is 10.2. The van der Waals surface area contributed by atoms with E-state index in [0.717, 1.165) is 45.0 Å². The highest BCUT2D eigenvalue weighted by molar-refractivity contribution is 6.30. The quantitative estimate of drug-likeness (QED) is 0.836. The predicted octanol–water partition coefficient (Wildman–Crippen LogP) is 2.42. The maximum atomic E-state index is 11.8. The van der Waals surface area contributed by atoms with E-state index in [-0.39, 0.29) is 5.91 Å². The molecule has 1 heterocycles. The van der Waals surface area contributed by atoms with Gasteiger partial charge in [0.25, 0.3) is 0 Å². The van der Waals surface area contributed by atoms with Crippen LogP contribution in [0.15, 0.2) is 24.3 Å². The van der Waals surface area contributed by atoms with Gasteiger partial charge in [-0.1, -0.05) is 17.7 Å². The molecule has 0 N–H and O–H groups in total. The fourth-order valence-electron chi connectivity index (χ4n) is 2.39. The van der Waals surface area contributed by atoms with E-state index in [1.807, 2.05) is 24.3 Å². The van der Waals surface area contributed by atoms with Gasteiger partial charge in [0.2, 0.25) is 5.91 Å². The molecule has 4 nitrogen and oxygen atoms in total. The number of morpholine rings is 1. The molecular weight excluding hydrogens is 276 g/mol. The van der Waals surface area contributed by atoms with Gasteiger partial charge in [-0.05, 0) is 24.6 Å². The molecule has 1 saturated heterocycles. The van der Waals surface area contributed by atoms with E-state index < -0.39 is 0 Å². The molecule has 0 aliphatic carbocycles. The predicted molar refractivity (Wildman–Crippen MR) is 81.4 cm³/mol. The summed E-state index contributed by atoms with van der Waals surface area (Å²) in [5.74, 6) is 0.0502. The third kappa shape index (κ3) is 4.47. The summed E-state index contributed by atoms with van der Waals surface area (Å²) < 4.78 is 5.33. The number of amides is 1. The molecular formula is C15H21ClN2O2. The molecule has 0 unspecified atom stereocenters. The van der Waals surface area contributed by atoms with Crippen molar-refractivity contribution in [2.75, 3.05) is 44.3 Å². The van der Waals surface area contributed by atoms with Crippen LogP contribution in [0.1, 0.15) is 13.3 Å². The summed E-state index contributed by atoms with van der Waals surface area (Å²) in [5, 5.41) is 0.655. The van der Waals surface area contributed by atoms with E-state index in [4.69, 9.17) is 16.3 Å². The summed E-state index contributed by atoms with van der Waals surface area (Å²) in [6, 6.07) is 7.44. The normalized spacial score (nSPS) is 16.1. The Morgan fingerprint density at radius 1 is 1.40 bits per heavy atom. The highest BCUT2D eigenvalue weighted by Gasteiger charge is 2.14. The van der Waals surface area contributed by atoms with Crippen LogP contribution in [-0.2, 0) is 9.53 Å². The van der Waals surface area contributed by atoms with Crippen LogP contribution in [0.2, 0.25) is 5.02 Å². The van der Waals surface area contributed by atoms with Gasteiger partial charge in [-0.2, -0.15) is 0 Å². The van der Waals surface area contributed by atoms with E-state index in [9.17, 15) is 4.79 Å². The topological polar surface area (TPSA) is 32.8 Å². The second kappa shape index (κ2) is 7.62. The van der Waals surface area contributed by atoms with Gasteiger partial charge < -0.3 is 9.64 Å². The van der Waals surface area contributed by atoms with Gasteiger partial charge in [-0.3, -0.25) is 9.69 Å². The van der Waals surface area contributed by atoms with Gasteiger partial charge in [0.15, 0.2) is 0 Å².